The van der Waals surface area contributed by atoms with Gasteiger partial charge in [-0.2, -0.15) is 0 Å². The Kier molecular flexibility index (Phi) is 4.14. The first-order chi connectivity index (χ1) is 7.65. The van der Waals surface area contributed by atoms with E-state index in [9.17, 15) is 9.70 Å². The zero-order chi connectivity index (χ0) is 12.0. The summed E-state index contributed by atoms with van der Waals surface area (Å²) in [6.07, 6.45) is 6.34. The molecule has 0 saturated carbocycles. The van der Waals surface area contributed by atoms with Crippen molar-refractivity contribution in [3.63, 3.8) is 0 Å². The van der Waals surface area contributed by atoms with Gasteiger partial charge in [-0.15, -0.1) is 4.91 Å². The number of carbonyl (C=O) groups excluding carboxylic acids is 1. The Morgan fingerprint density at radius 2 is 2.31 bits per heavy atom. The molecule has 0 spiro atoms. The molecule has 16 heavy (non-hydrogen) atoms. The van der Waals surface area contributed by atoms with Gasteiger partial charge in [-0.25, -0.2) is 4.79 Å². The fourth-order valence-corrected chi connectivity index (χ4v) is 1.03. The van der Waals surface area contributed by atoms with Crippen LogP contribution < -0.4 is 0 Å². The number of nitrogens with zero attached hydrogens (tertiary/aromatic N) is 3. The van der Waals surface area contributed by atoms with Crippen LogP contribution in [0.4, 0.5) is 0 Å². The number of hydrogen-bond acceptors (Lipinski definition) is 6. The van der Waals surface area contributed by atoms with E-state index in [1.807, 2.05) is 19.0 Å². The molecule has 0 unspecified atom stereocenters. The van der Waals surface area contributed by atoms with Crippen LogP contribution in [-0.2, 0) is 4.84 Å². The van der Waals surface area contributed by atoms with Crippen LogP contribution in [0.5, 0.6) is 0 Å². The van der Waals surface area contributed by atoms with E-state index in [2.05, 4.69) is 15.2 Å². The molecule has 0 aliphatic heterocycles. The monoisotopic (exact) mass is 221 g/mol. The highest BCUT2D eigenvalue weighted by Gasteiger charge is 2.11. The van der Waals surface area contributed by atoms with E-state index < -0.39 is 5.97 Å². The first kappa shape index (κ1) is 11.8. The minimum absolute atomic E-state index is 0.195. The van der Waals surface area contributed by atoms with Crippen molar-refractivity contribution in [2.75, 3.05) is 14.1 Å². The molecule has 0 atom stereocenters. The molecule has 0 aliphatic rings. The zero-order valence-electron chi connectivity index (χ0n) is 8.95. The number of aromatic nitrogens is 1. The van der Waals surface area contributed by atoms with Crippen molar-refractivity contribution in [1.82, 2.24) is 9.88 Å². The molecule has 0 N–H and O–H groups in total. The van der Waals surface area contributed by atoms with Gasteiger partial charge in [0.05, 0.1) is 5.56 Å². The average molecular weight is 221 g/mol. The van der Waals surface area contributed by atoms with E-state index in [1.165, 1.54) is 6.20 Å². The molecule has 0 amide bonds. The number of hydrogen-bond donors (Lipinski definition) is 0. The van der Waals surface area contributed by atoms with E-state index in [0.29, 0.717) is 5.56 Å². The predicted molar refractivity (Wildman–Crippen MR) is 58.2 cm³/mol. The van der Waals surface area contributed by atoms with Gasteiger partial charge in [-0.3, -0.25) is 9.82 Å². The minimum atomic E-state index is -0.818. The third kappa shape index (κ3) is 3.16. The summed E-state index contributed by atoms with van der Waals surface area (Å²) in [4.78, 5) is 30.7. The van der Waals surface area contributed by atoms with Gasteiger partial charge in [-0.05, 0) is 23.9 Å². The smallest absolute Gasteiger partial charge is 0.371 e. The molecule has 0 fully saturated rings. The predicted octanol–water partition coefficient (Wildman–Crippen LogP) is 1.45. The Balaban J connectivity index is 3.00. The minimum Gasteiger partial charge on any atom is -0.383 e. The van der Waals surface area contributed by atoms with Gasteiger partial charge in [0.25, 0.3) is 0 Å². The maximum absolute atomic E-state index is 11.3. The largest absolute Gasteiger partial charge is 0.383 e. The Morgan fingerprint density at radius 1 is 1.56 bits per heavy atom. The van der Waals surface area contributed by atoms with Crippen LogP contribution in [0, 0.1) is 4.91 Å². The molecule has 1 aromatic heterocycles. The Morgan fingerprint density at radius 3 is 2.94 bits per heavy atom. The summed E-state index contributed by atoms with van der Waals surface area (Å²) >= 11 is 0. The van der Waals surface area contributed by atoms with E-state index in [0.717, 1.165) is 0 Å². The summed E-state index contributed by atoms with van der Waals surface area (Å²) in [6, 6.07) is 1.64. The van der Waals surface area contributed by atoms with Crippen LogP contribution in [0.2, 0.25) is 0 Å². The molecule has 0 bridgehead atoms. The Bertz CT molecular complexity index is 416. The molecule has 1 heterocycles. The maximum Gasteiger partial charge on any atom is 0.371 e. The SMILES string of the molecule is CN(C)/C=C/c1ccncc1C(=O)ON=O. The number of rotatable bonds is 4. The fraction of sp³-hybridized carbons (Fsp3) is 0.200. The van der Waals surface area contributed by atoms with Crippen LogP contribution >= 0.6 is 0 Å². The number of carbonyl (C=O) groups is 1. The second kappa shape index (κ2) is 5.59. The molecule has 0 aromatic carbocycles. The standard InChI is InChI=1S/C10H11N3O3/c1-13(2)6-4-8-3-5-11-7-9(8)10(14)16-12-15/h3-7H,1-2H3/b6-4+. The summed E-state index contributed by atoms with van der Waals surface area (Å²) in [7, 11) is 3.70. The molecular weight excluding hydrogens is 210 g/mol. The summed E-state index contributed by atoms with van der Waals surface area (Å²) in [6.45, 7) is 0. The molecule has 0 radical (unpaired) electrons. The van der Waals surface area contributed by atoms with Crippen molar-refractivity contribution in [3.05, 3.63) is 40.7 Å². The molecular formula is C10H11N3O3. The van der Waals surface area contributed by atoms with E-state index in [-0.39, 0.29) is 5.56 Å². The van der Waals surface area contributed by atoms with Crippen LogP contribution in [0.3, 0.4) is 0 Å². The van der Waals surface area contributed by atoms with Crippen LogP contribution in [0.15, 0.2) is 30.0 Å². The average Bonchev–Trinajstić information content (AvgIpc) is 2.27. The zero-order valence-corrected chi connectivity index (χ0v) is 8.95. The van der Waals surface area contributed by atoms with E-state index in [1.54, 1.807) is 24.5 Å². The van der Waals surface area contributed by atoms with Crippen molar-refractivity contribution >= 4 is 12.0 Å². The van der Waals surface area contributed by atoms with E-state index >= 15 is 0 Å². The molecule has 0 saturated heterocycles. The quantitative estimate of drug-likeness (QED) is 0.568. The Labute approximate surface area is 92.5 Å². The normalized spacial score (nSPS) is 10.1. The van der Waals surface area contributed by atoms with Crippen molar-refractivity contribution in [2.24, 2.45) is 5.34 Å². The highest BCUT2D eigenvalue weighted by Crippen LogP contribution is 2.11. The second-order valence-corrected chi connectivity index (χ2v) is 3.20. The van der Waals surface area contributed by atoms with Crippen molar-refractivity contribution in [2.45, 2.75) is 0 Å². The van der Waals surface area contributed by atoms with Gasteiger partial charge in [0, 0.05) is 26.5 Å². The third-order valence-electron chi connectivity index (χ3n) is 1.75. The summed E-state index contributed by atoms with van der Waals surface area (Å²) in [5, 5.41) is 2.09. The summed E-state index contributed by atoms with van der Waals surface area (Å²) in [5.41, 5.74) is 0.803. The van der Waals surface area contributed by atoms with Crippen molar-refractivity contribution in [1.29, 1.82) is 0 Å². The van der Waals surface area contributed by atoms with Crippen molar-refractivity contribution < 1.29 is 9.63 Å². The number of pyridine rings is 1. The molecule has 0 aliphatic carbocycles. The first-order valence-corrected chi connectivity index (χ1v) is 4.48. The van der Waals surface area contributed by atoms with Gasteiger partial charge in [-0.1, -0.05) is 0 Å². The lowest BCUT2D eigenvalue weighted by molar-refractivity contribution is 0.0507. The van der Waals surface area contributed by atoms with Crippen LogP contribution in [0.1, 0.15) is 15.9 Å². The lowest BCUT2D eigenvalue weighted by Crippen LogP contribution is -2.04. The topological polar surface area (TPSA) is 71.9 Å². The summed E-state index contributed by atoms with van der Waals surface area (Å²) in [5.74, 6) is -0.818. The van der Waals surface area contributed by atoms with Gasteiger partial charge >= 0.3 is 5.97 Å². The Hall–Kier alpha value is -2.24. The highest BCUT2D eigenvalue weighted by molar-refractivity contribution is 5.93. The molecule has 6 heteroatoms. The first-order valence-electron chi connectivity index (χ1n) is 4.48. The third-order valence-corrected chi connectivity index (χ3v) is 1.75. The highest BCUT2D eigenvalue weighted by atomic mass is 16.7. The van der Waals surface area contributed by atoms with Gasteiger partial charge < -0.3 is 4.90 Å². The van der Waals surface area contributed by atoms with Gasteiger partial charge in [0.15, 0.2) is 5.34 Å². The van der Waals surface area contributed by atoms with Crippen molar-refractivity contribution in [3.8, 4) is 0 Å². The second-order valence-electron chi connectivity index (χ2n) is 3.20. The molecule has 1 aromatic rings. The fourth-order valence-electron chi connectivity index (χ4n) is 1.03. The molecule has 84 valence electrons. The maximum atomic E-state index is 11.3. The van der Waals surface area contributed by atoms with E-state index in [4.69, 9.17) is 0 Å². The van der Waals surface area contributed by atoms with Gasteiger partial charge in [0.1, 0.15) is 0 Å². The van der Waals surface area contributed by atoms with Crippen LogP contribution in [-0.4, -0.2) is 29.9 Å². The molecule has 1 rings (SSSR count). The molecule has 6 nitrogen and oxygen atoms in total. The lowest BCUT2D eigenvalue weighted by Gasteiger charge is -2.04. The van der Waals surface area contributed by atoms with Crippen LogP contribution in [0.25, 0.3) is 6.08 Å². The summed E-state index contributed by atoms with van der Waals surface area (Å²) < 4.78 is 0. The van der Waals surface area contributed by atoms with Gasteiger partial charge in [0.2, 0.25) is 0 Å². The lowest BCUT2D eigenvalue weighted by atomic mass is 10.1.